The quantitative estimate of drug-likeness (QED) is 0.0362. The molecule has 0 radical (unpaired) electrons. The predicted octanol–water partition coefficient (Wildman–Crippen LogP) is 9.18. The second kappa shape index (κ2) is 16.5. The average Bonchev–Trinajstić information content (AvgIpc) is 3.95. The molecular formula is C33H26F22O7. The molecule has 1 aliphatic carbocycles. The third-order valence-electron chi connectivity index (χ3n) is 9.95. The van der Waals surface area contributed by atoms with Crippen LogP contribution in [0.4, 0.5) is 96.6 Å². The fraction of sp³-hybridized carbons (Fsp3) is 0.697. The van der Waals surface area contributed by atoms with Crippen LogP contribution in [0.5, 0.6) is 0 Å². The Morgan fingerprint density at radius 2 is 1.06 bits per heavy atom. The van der Waals surface area contributed by atoms with E-state index >= 15 is 0 Å². The van der Waals surface area contributed by atoms with E-state index in [0.717, 1.165) is 20.8 Å². The Balaban J connectivity index is 1.95. The Morgan fingerprint density at radius 1 is 0.645 bits per heavy atom. The van der Waals surface area contributed by atoms with Crippen molar-refractivity contribution in [1.29, 1.82) is 0 Å². The summed E-state index contributed by atoms with van der Waals surface area (Å²) in [5.41, 5.74) is -3.98. The van der Waals surface area contributed by atoms with Crippen molar-refractivity contribution in [3.63, 3.8) is 0 Å². The Hall–Kier alpha value is -4.08. The zero-order chi connectivity index (χ0) is 48.5. The van der Waals surface area contributed by atoms with Gasteiger partial charge in [0.15, 0.2) is 34.8 Å². The summed E-state index contributed by atoms with van der Waals surface area (Å²) in [7, 11) is 0. The molecule has 0 aromatic heterocycles. The number of Topliss-reactive ketones (excluding diaryl/α,β-unsaturated/α-hetero) is 2. The van der Waals surface area contributed by atoms with Crippen molar-refractivity contribution in [2.45, 2.75) is 99.7 Å². The van der Waals surface area contributed by atoms with Crippen LogP contribution in [0.25, 0.3) is 0 Å². The van der Waals surface area contributed by atoms with Crippen molar-refractivity contribution in [2.75, 3.05) is 19.8 Å². The maximum atomic E-state index is 14.6. The van der Waals surface area contributed by atoms with Crippen molar-refractivity contribution >= 4 is 23.5 Å². The molecule has 5 atom stereocenters. The molecule has 1 aromatic rings. The van der Waals surface area contributed by atoms with Crippen molar-refractivity contribution < 1.29 is 130 Å². The van der Waals surface area contributed by atoms with E-state index in [-0.39, 0.29) is 6.61 Å². The molecular weight excluding hydrogens is 926 g/mol. The number of hydrogen-bond donors (Lipinski definition) is 0. The van der Waals surface area contributed by atoms with E-state index in [9.17, 15) is 116 Å². The van der Waals surface area contributed by atoms with Gasteiger partial charge in [0.2, 0.25) is 5.82 Å². The summed E-state index contributed by atoms with van der Waals surface area (Å²) in [6, 6.07) is 0. The molecule has 1 saturated heterocycles. The van der Waals surface area contributed by atoms with Gasteiger partial charge in [0.1, 0.15) is 18.6 Å². The topological polar surface area (TPSA) is 99.3 Å². The number of benzene rings is 1. The lowest BCUT2D eigenvalue weighted by Crippen LogP contribution is -2.74. The first kappa shape index (κ1) is 52.3. The van der Waals surface area contributed by atoms with Gasteiger partial charge in [-0.05, 0) is 26.7 Å². The molecule has 0 amide bonds. The first-order valence-corrected chi connectivity index (χ1v) is 16.9. The highest BCUT2D eigenvalue weighted by molar-refractivity contribution is 6.15. The van der Waals surface area contributed by atoms with Gasteiger partial charge >= 0.3 is 59.6 Å². The zero-order valence-electron chi connectivity index (χ0n) is 30.8. The van der Waals surface area contributed by atoms with E-state index in [4.69, 9.17) is 9.47 Å². The number of hydrogen-bond acceptors (Lipinski definition) is 7. The minimum Gasteiger partial charge on any atom is -0.465 e. The summed E-state index contributed by atoms with van der Waals surface area (Å²) >= 11 is 0. The highest BCUT2D eigenvalue weighted by Gasteiger charge is 2.95. The lowest BCUT2D eigenvalue weighted by Gasteiger charge is -2.42. The fourth-order valence-corrected chi connectivity index (χ4v) is 6.09. The number of ketones is 2. The van der Waals surface area contributed by atoms with E-state index < -0.39 is 173 Å². The molecule has 3 rings (SSSR count). The van der Waals surface area contributed by atoms with Gasteiger partial charge < -0.3 is 14.2 Å². The van der Waals surface area contributed by atoms with E-state index in [0.29, 0.717) is 0 Å². The maximum absolute atomic E-state index is 14.6. The minimum atomic E-state index is -8.90. The number of esters is 2. The SMILES string of the molecule is CC1C(=O)C(c2c(F)c(F)c(F)c(F)c2F)C(=O)C1CC(CC(C)(C)C(=O)OCC1CO1)C(=O)OCCC(F)(F)C(F)(F)C(F)(F)C(F)(F)C(F)(F)C(F)(F)C(F)(F)C(F)(F)F. The highest BCUT2D eigenvalue weighted by atomic mass is 19.4. The van der Waals surface area contributed by atoms with Crippen LogP contribution >= 0.6 is 0 Å². The maximum Gasteiger partial charge on any atom is 0.460 e. The summed E-state index contributed by atoms with van der Waals surface area (Å²) in [5.74, 6) is -87.4. The number of rotatable bonds is 18. The van der Waals surface area contributed by atoms with Gasteiger partial charge in [-0.1, -0.05) is 6.92 Å². The lowest BCUT2D eigenvalue weighted by molar-refractivity contribution is -0.461. The van der Waals surface area contributed by atoms with Crippen LogP contribution in [0.2, 0.25) is 0 Å². The normalized spacial score (nSPS) is 21.6. The molecule has 7 nitrogen and oxygen atoms in total. The van der Waals surface area contributed by atoms with Crippen LogP contribution in [0.15, 0.2) is 0 Å². The van der Waals surface area contributed by atoms with Crippen LogP contribution in [0, 0.1) is 52.3 Å². The number of epoxide rings is 1. The summed E-state index contributed by atoms with van der Waals surface area (Å²) in [6.45, 7) is -0.0491. The van der Waals surface area contributed by atoms with Crippen molar-refractivity contribution in [1.82, 2.24) is 0 Å². The second-order valence-electron chi connectivity index (χ2n) is 14.8. The highest BCUT2D eigenvalue weighted by Crippen LogP contribution is 2.64. The van der Waals surface area contributed by atoms with Crippen LogP contribution in [-0.2, 0) is 33.4 Å². The van der Waals surface area contributed by atoms with Gasteiger partial charge in [-0.15, -0.1) is 0 Å². The standard InChI is InChI=1S/C33H26F22O7/c1-10-13(22(57)15(21(10)56)14-16(34)18(36)20(38)19(37)17(14)35)6-11(7-25(2,3)24(59)62-9-12-8-61-12)23(58)60-5-4-26(39,40)27(41,42)28(43,44)29(45,46)30(47,48)31(49,50)32(51,52)33(53,54)55/h10-13,15H,4-9H2,1-3H3. The summed E-state index contributed by atoms with van der Waals surface area (Å²) < 4.78 is 317. The molecule has 354 valence electrons. The molecule has 5 unspecified atom stereocenters. The summed E-state index contributed by atoms with van der Waals surface area (Å²) in [5, 5.41) is 0. The van der Waals surface area contributed by atoms with Gasteiger partial charge in [-0.3, -0.25) is 19.2 Å². The molecule has 1 heterocycles. The number of carbonyl (C=O) groups is 4. The van der Waals surface area contributed by atoms with E-state index in [1.165, 1.54) is 0 Å². The molecule has 0 bridgehead atoms. The van der Waals surface area contributed by atoms with Crippen LogP contribution in [0.3, 0.4) is 0 Å². The minimum absolute atomic E-state index is 0.0960. The second-order valence-corrected chi connectivity index (χ2v) is 14.8. The predicted molar refractivity (Wildman–Crippen MR) is 155 cm³/mol. The van der Waals surface area contributed by atoms with Gasteiger partial charge in [0.05, 0.1) is 31.0 Å². The first-order valence-electron chi connectivity index (χ1n) is 16.9. The van der Waals surface area contributed by atoms with Crippen molar-refractivity contribution in [2.24, 2.45) is 23.2 Å². The largest absolute Gasteiger partial charge is 0.465 e. The van der Waals surface area contributed by atoms with Gasteiger partial charge in [0, 0.05) is 17.4 Å². The van der Waals surface area contributed by atoms with Crippen molar-refractivity contribution in [3.8, 4) is 0 Å². The fourth-order valence-electron chi connectivity index (χ4n) is 6.09. The molecule has 1 aliphatic heterocycles. The number of ether oxygens (including phenoxy) is 3. The van der Waals surface area contributed by atoms with Crippen LogP contribution < -0.4 is 0 Å². The summed E-state index contributed by atoms with van der Waals surface area (Å²) in [4.78, 5) is 52.4. The summed E-state index contributed by atoms with van der Waals surface area (Å²) in [6.07, 6.45) is -14.1. The third-order valence-corrected chi connectivity index (χ3v) is 9.95. The Labute approximate surface area is 331 Å². The molecule has 62 heavy (non-hydrogen) atoms. The van der Waals surface area contributed by atoms with E-state index in [1.807, 2.05) is 0 Å². The van der Waals surface area contributed by atoms with E-state index in [2.05, 4.69) is 4.74 Å². The Morgan fingerprint density at radius 3 is 1.50 bits per heavy atom. The van der Waals surface area contributed by atoms with Gasteiger partial charge in [-0.25, -0.2) is 22.0 Å². The monoisotopic (exact) mass is 952 g/mol. The van der Waals surface area contributed by atoms with Crippen molar-refractivity contribution in [3.05, 3.63) is 34.6 Å². The Kier molecular flexibility index (Phi) is 13.9. The third kappa shape index (κ3) is 8.49. The first-order chi connectivity index (χ1) is 27.6. The zero-order valence-corrected chi connectivity index (χ0v) is 30.8. The van der Waals surface area contributed by atoms with Gasteiger partial charge in [0.25, 0.3) is 0 Å². The molecule has 2 aliphatic rings. The van der Waals surface area contributed by atoms with Gasteiger partial charge in [-0.2, -0.15) is 74.6 Å². The molecule has 1 aromatic carbocycles. The molecule has 0 spiro atoms. The number of alkyl halides is 17. The molecule has 29 heteroatoms. The lowest BCUT2D eigenvalue weighted by atomic mass is 9.77. The van der Waals surface area contributed by atoms with E-state index in [1.54, 1.807) is 0 Å². The Bertz CT molecular complexity index is 1890. The number of halogens is 22. The van der Waals surface area contributed by atoms with Crippen LogP contribution in [0.1, 0.15) is 51.5 Å². The molecule has 1 saturated carbocycles. The smallest absolute Gasteiger partial charge is 0.460 e. The number of carbonyl (C=O) groups excluding carboxylic acids is 4. The molecule has 0 N–H and O–H groups in total. The average molecular weight is 953 g/mol. The van der Waals surface area contributed by atoms with Crippen LogP contribution in [-0.4, -0.2) is 97.1 Å². The molecule has 2 fully saturated rings.